The second-order valence-corrected chi connectivity index (χ2v) is 6.79. The molecule has 6 nitrogen and oxygen atoms in total. The van der Waals surface area contributed by atoms with E-state index in [-0.39, 0.29) is 23.3 Å². The molecule has 3 rings (SSSR count). The van der Waals surface area contributed by atoms with Crippen molar-refractivity contribution in [3.05, 3.63) is 30.1 Å². The van der Waals surface area contributed by atoms with Crippen molar-refractivity contribution in [2.75, 3.05) is 26.8 Å². The van der Waals surface area contributed by atoms with Crippen molar-refractivity contribution >= 4 is 11.8 Å². The predicted octanol–water partition coefficient (Wildman–Crippen LogP) is 1.62. The summed E-state index contributed by atoms with van der Waals surface area (Å²) in [6.45, 7) is 1.87. The van der Waals surface area contributed by atoms with Gasteiger partial charge >= 0.3 is 0 Å². The van der Waals surface area contributed by atoms with Gasteiger partial charge in [-0.3, -0.25) is 14.6 Å². The molecule has 0 unspecified atom stereocenters. The van der Waals surface area contributed by atoms with E-state index in [9.17, 15) is 9.59 Å². The smallest absolute Gasteiger partial charge is 0.272 e. The van der Waals surface area contributed by atoms with E-state index in [2.05, 4.69) is 10.3 Å². The number of piperidine rings is 1. The van der Waals surface area contributed by atoms with Gasteiger partial charge in [0.25, 0.3) is 5.91 Å². The summed E-state index contributed by atoms with van der Waals surface area (Å²) in [6, 6.07) is 5.36. The summed E-state index contributed by atoms with van der Waals surface area (Å²) in [6.07, 6.45) is 5.93. The van der Waals surface area contributed by atoms with E-state index in [0.717, 1.165) is 32.1 Å². The molecule has 24 heavy (non-hydrogen) atoms. The molecular formula is C18H25N3O3. The van der Waals surface area contributed by atoms with Crippen molar-refractivity contribution in [1.82, 2.24) is 15.2 Å². The lowest BCUT2D eigenvalue weighted by atomic mass is 9.84. The van der Waals surface area contributed by atoms with Gasteiger partial charge in [0.2, 0.25) is 5.91 Å². The molecule has 0 atom stereocenters. The fourth-order valence-corrected chi connectivity index (χ4v) is 3.23. The van der Waals surface area contributed by atoms with Crippen LogP contribution in [0.1, 0.15) is 42.6 Å². The van der Waals surface area contributed by atoms with Crippen molar-refractivity contribution in [2.24, 2.45) is 5.92 Å². The molecule has 1 N–H and O–H groups in total. The number of hydrogen-bond acceptors (Lipinski definition) is 4. The molecule has 1 saturated heterocycles. The number of carbonyl (C=O) groups is 2. The van der Waals surface area contributed by atoms with Gasteiger partial charge in [-0.15, -0.1) is 0 Å². The number of nitrogens with zero attached hydrogens (tertiary/aromatic N) is 2. The van der Waals surface area contributed by atoms with Crippen LogP contribution in [0, 0.1) is 5.92 Å². The molecule has 2 amide bonds. The Morgan fingerprint density at radius 1 is 1.33 bits per heavy atom. The molecule has 0 spiro atoms. The van der Waals surface area contributed by atoms with Gasteiger partial charge in [-0.1, -0.05) is 6.07 Å². The van der Waals surface area contributed by atoms with Gasteiger partial charge in [-0.2, -0.15) is 0 Å². The molecule has 0 aromatic carbocycles. The van der Waals surface area contributed by atoms with Crippen molar-refractivity contribution in [3.8, 4) is 0 Å². The van der Waals surface area contributed by atoms with E-state index in [4.69, 9.17) is 4.74 Å². The number of carbonyl (C=O) groups excluding carboxylic acids is 2. The van der Waals surface area contributed by atoms with Crippen LogP contribution in [0.5, 0.6) is 0 Å². The Morgan fingerprint density at radius 2 is 2.08 bits per heavy atom. The molecule has 1 aromatic heterocycles. The number of rotatable bonds is 6. The second kappa shape index (κ2) is 7.30. The van der Waals surface area contributed by atoms with E-state index >= 15 is 0 Å². The minimum absolute atomic E-state index is 0.0375. The molecule has 1 aliphatic carbocycles. The number of pyridine rings is 1. The van der Waals surface area contributed by atoms with Crippen LogP contribution < -0.4 is 5.32 Å². The maximum absolute atomic E-state index is 12.5. The van der Waals surface area contributed by atoms with Gasteiger partial charge in [0.1, 0.15) is 5.69 Å². The number of ether oxygens (including phenoxy) is 1. The highest BCUT2D eigenvalue weighted by atomic mass is 16.5. The lowest BCUT2D eigenvalue weighted by Gasteiger charge is -2.42. The second-order valence-electron chi connectivity index (χ2n) is 6.79. The van der Waals surface area contributed by atoms with E-state index in [1.807, 2.05) is 11.0 Å². The molecule has 1 saturated carbocycles. The van der Waals surface area contributed by atoms with Gasteiger partial charge in [0, 0.05) is 44.5 Å². The fraction of sp³-hybridized carbons (Fsp3) is 0.611. The van der Waals surface area contributed by atoms with Crippen LogP contribution in [-0.2, 0) is 9.53 Å². The van der Waals surface area contributed by atoms with E-state index in [1.165, 1.54) is 0 Å². The largest absolute Gasteiger partial charge is 0.385 e. The highest BCUT2D eigenvalue weighted by molar-refractivity contribution is 5.92. The SMILES string of the molecule is COCCC1(NC(=O)C2CC2)CCN(C(=O)c2ccccn2)CC1. The average Bonchev–Trinajstić information content (AvgIpc) is 3.46. The highest BCUT2D eigenvalue weighted by Crippen LogP contribution is 2.32. The van der Waals surface area contributed by atoms with E-state index in [0.29, 0.717) is 25.4 Å². The first kappa shape index (κ1) is 16.9. The molecule has 6 heteroatoms. The molecule has 2 aliphatic rings. The molecule has 0 radical (unpaired) electrons. The van der Waals surface area contributed by atoms with Crippen molar-refractivity contribution in [3.63, 3.8) is 0 Å². The summed E-state index contributed by atoms with van der Waals surface area (Å²) in [4.78, 5) is 30.7. The van der Waals surface area contributed by atoms with Gasteiger partial charge in [0.15, 0.2) is 0 Å². The van der Waals surface area contributed by atoms with Crippen LogP contribution in [0.2, 0.25) is 0 Å². The third kappa shape index (κ3) is 3.93. The number of hydrogen-bond donors (Lipinski definition) is 1. The first-order chi connectivity index (χ1) is 11.6. The highest BCUT2D eigenvalue weighted by Gasteiger charge is 2.40. The standard InChI is InChI=1S/C18H25N3O3/c1-24-13-9-18(20-16(22)14-5-6-14)7-11-21(12-8-18)17(23)15-4-2-3-10-19-15/h2-4,10,14H,5-9,11-13H2,1H3,(H,20,22). The minimum atomic E-state index is -0.253. The van der Waals surface area contributed by atoms with Crippen molar-refractivity contribution < 1.29 is 14.3 Å². The Kier molecular flexibility index (Phi) is 5.14. The quantitative estimate of drug-likeness (QED) is 0.860. The number of nitrogens with one attached hydrogen (secondary N) is 1. The first-order valence-corrected chi connectivity index (χ1v) is 8.65. The number of amides is 2. The van der Waals surface area contributed by atoms with Crippen molar-refractivity contribution in [1.29, 1.82) is 0 Å². The number of aromatic nitrogens is 1. The molecular weight excluding hydrogens is 306 g/mol. The summed E-state index contributed by atoms with van der Waals surface area (Å²) in [5, 5.41) is 3.26. The lowest BCUT2D eigenvalue weighted by Crippen LogP contribution is -2.57. The zero-order chi connectivity index (χ0) is 17.0. The third-order valence-electron chi connectivity index (χ3n) is 5.01. The molecule has 1 aliphatic heterocycles. The van der Waals surface area contributed by atoms with Gasteiger partial charge in [-0.25, -0.2) is 0 Å². The molecule has 1 aromatic rings. The Labute approximate surface area is 142 Å². The molecule has 2 heterocycles. The number of likely N-dealkylation sites (tertiary alicyclic amines) is 1. The topological polar surface area (TPSA) is 71.5 Å². The molecule has 2 fully saturated rings. The fourth-order valence-electron chi connectivity index (χ4n) is 3.23. The Hall–Kier alpha value is -1.95. The molecule has 130 valence electrons. The van der Waals surface area contributed by atoms with Crippen LogP contribution in [0.25, 0.3) is 0 Å². The van der Waals surface area contributed by atoms with Crippen LogP contribution in [0.4, 0.5) is 0 Å². The normalized spacial score (nSPS) is 19.8. The van der Waals surface area contributed by atoms with Gasteiger partial charge < -0.3 is 15.0 Å². The summed E-state index contributed by atoms with van der Waals surface area (Å²) in [5.41, 5.74) is 0.222. The number of methoxy groups -OCH3 is 1. The Bertz CT molecular complexity index is 578. The van der Waals surface area contributed by atoms with Gasteiger partial charge in [0.05, 0.1) is 0 Å². The predicted molar refractivity (Wildman–Crippen MR) is 89.5 cm³/mol. The summed E-state index contributed by atoms with van der Waals surface area (Å²) in [5.74, 6) is 0.317. The Balaban J connectivity index is 1.62. The molecule has 0 bridgehead atoms. The maximum atomic E-state index is 12.5. The summed E-state index contributed by atoms with van der Waals surface area (Å²) >= 11 is 0. The maximum Gasteiger partial charge on any atom is 0.272 e. The van der Waals surface area contributed by atoms with E-state index in [1.54, 1.807) is 25.4 Å². The first-order valence-electron chi connectivity index (χ1n) is 8.65. The van der Waals surface area contributed by atoms with Crippen LogP contribution in [0.3, 0.4) is 0 Å². The zero-order valence-corrected chi connectivity index (χ0v) is 14.2. The van der Waals surface area contributed by atoms with Gasteiger partial charge in [-0.05, 0) is 44.2 Å². The summed E-state index contributed by atoms with van der Waals surface area (Å²) < 4.78 is 5.23. The van der Waals surface area contributed by atoms with Crippen molar-refractivity contribution in [2.45, 2.75) is 37.6 Å². The third-order valence-corrected chi connectivity index (χ3v) is 5.01. The zero-order valence-electron chi connectivity index (χ0n) is 14.2. The van der Waals surface area contributed by atoms with Crippen LogP contribution in [0.15, 0.2) is 24.4 Å². The minimum Gasteiger partial charge on any atom is -0.385 e. The van der Waals surface area contributed by atoms with Crippen LogP contribution in [-0.4, -0.2) is 54.0 Å². The monoisotopic (exact) mass is 331 g/mol. The summed E-state index contributed by atoms with van der Waals surface area (Å²) in [7, 11) is 1.68. The average molecular weight is 331 g/mol. The lowest BCUT2D eigenvalue weighted by molar-refractivity contribution is -0.125. The van der Waals surface area contributed by atoms with Crippen LogP contribution >= 0.6 is 0 Å². The van der Waals surface area contributed by atoms with E-state index < -0.39 is 0 Å². The Morgan fingerprint density at radius 3 is 2.67 bits per heavy atom.